The van der Waals surface area contributed by atoms with Crippen molar-refractivity contribution in [2.24, 2.45) is 0 Å². The third kappa shape index (κ3) is 4.88. The molecule has 0 aromatic carbocycles. The van der Waals surface area contributed by atoms with Crippen LogP contribution in [0, 0.1) is 11.8 Å². The predicted molar refractivity (Wildman–Crippen MR) is 73.3 cm³/mol. The summed E-state index contributed by atoms with van der Waals surface area (Å²) in [4.78, 5) is 15.5. The van der Waals surface area contributed by atoms with Crippen molar-refractivity contribution in [1.29, 1.82) is 0 Å². The molecule has 0 spiro atoms. The predicted octanol–water partition coefficient (Wildman–Crippen LogP) is 0.660. The molecule has 1 aromatic heterocycles. The number of carbonyl (C=O) groups is 1. The lowest BCUT2D eigenvalue weighted by Crippen LogP contribution is -2.34. The highest BCUT2D eigenvalue weighted by atomic mass is 32.1. The molecule has 1 amide bonds. The van der Waals surface area contributed by atoms with Crippen molar-refractivity contribution in [3.8, 4) is 11.8 Å². The first-order valence-corrected chi connectivity index (χ1v) is 6.62. The average Bonchev–Trinajstić information content (AvgIpc) is 2.82. The van der Waals surface area contributed by atoms with Gasteiger partial charge in [0.15, 0.2) is 0 Å². The summed E-state index contributed by atoms with van der Waals surface area (Å²) in [5.41, 5.74) is 0. The Morgan fingerprint density at radius 3 is 2.94 bits per heavy atom. The highest BCUT2D eigenvalue weighted by molar-refractivity contribution is 7.12. The highest BCUT2D eigenvalue weighted by Crippen LogP contribution is 2.17. The molecule has 0 unspecified atom stereocenters. The van der Waals surface area contributed by atoms with Crippen LogP contribution in [-0.2, 0) is 11.3 Å². The van der Waals surface area contributed by atoms with Gasteiger partial charge in [0.05, 0.1) is 11.4 Å². The lowest BCUT2D eigenvalue weighted by Gasteiger charge is -2.18. The number of carbonyl (C=O) groups excluding carboxylic acids is 1. The van der Waals surface area contributed by atoms with Crippen molar-refractivity contribution in [2.45, 2.75) is 13.5 Å². The van der Waals surface area contributed by atoms with Gasteiger partial charge < -0.3 is 10.4 Å². The van der Waals surface area contributed by atoms with Gasteiger partial charge in [-0.15, -0.1) is 11.3 Å². The molecular weight excluding hydrogens is 248 g/mol. The smallest absolute Gasteiger partial charge is 0.233 e. The number of rotatable bonds is 5. The van der Waals surface area contributed by atoms with Crippen LogP contribution in [0.5, 0.6) is 0 Å². The standard InChI is InChI=1S/C13H18N2O2S/c1-3-15(10-13(17)14-2)9-12-7-6-11(18-12)5-4-8-16/h6-7,16H,3,8-10H2,1-2H3,(H,14,17). The molecule has 0 saturated carbocycles. The van der Waals surface area contributed by atoms with Crippen LogP contribution < -0.4 is 5.32 Å². The number of aliphatic hydroxyl groups is 1. The molecule has 18 heavy (non-hydrogen) atoms. The Balaban J connectivity index is 2.59. The van der Waals surface area contributed by atoms with Gasteiger partial charge in [-0.05, 0) is 18.7 Å². The number of aliphatic hydroxyl groups excluding tert-OH is 1. The fourth-order valence-corrected chi connectivity index (χ4v) is 2.36. The van der Waals surface area contributed by atoms with E-state index in [0.717, 1.165) is 18.0 Å². The number of likely N-dealkylation sites (N-methyl/N-ethyl adjacent to an activating group) is 2. The van der Waals surface area contributed by atoms with Crippen LogP contribution in [0.4, 0.5) is 0 Å². The molecular formula is C13H18N2O2S. The lowest BCUT2D eigenvalue weighted by atomic mass is 10.3. The van der Waals surface area contributed by atoms with E-state index in [0.29, 0.717) is 6.54 Å². The van der Waals surface area contributed by atoms with E-state index in [2.05, 4.69) is 22.1 Å². The number of amides is 1. The first kappa shape index (κ1) is 14.7. The van der Waals surface area contributed by atoms with Gasteiger partial charge in [-0.1, -0.05) is 18.8 Å². The van der Waals surface area contributed by atoms with Crippen molar-refractivity contribution < 1.29 is 9.90 Å². The summed E-state index contributed by atoms with van der Waals surface area (Å²) in [7, 11) is 1.64. The van der Waals surface area contributed by atoms with E-state index < -0.39 is 0 Å². The molecule has 5 heteroatoms. The van der Waals surface area contributed by atoms with Crippen LogP contribution in [-0.4, -0.2) is 42.7 Å². The molecule has 1 aromatic rings. The lowest BCUT2D eigenvalue weighted by molar-refractivity contribution is -0.121. The zero-order valence-electron chi connectivity index (χ0n) is 10.7. The van der Waals surface area contributed by atoms with Crippen LogP contribution in [0.3, 0.4) is 0 Å². The van der Waals surface area contributed by atoms with Crippen molar-refractivity contribution in [1.82, 2.24) is 10.2 Å². The maximum absolute atomic E-state index is 11.3. The minimum absolute atomic E-state index is 0.0219. The Bertz CT molecular complexity index is 445. The Morgan fingerprint density at radius 1 is 1.56 bits per heavy atom. The summed E-state index contributed by atoms with van der Waals surface area (Å²) in [6.45, 7) is 3.88. The van der Waals surface area contributed by atoms with Crippen LogP contribution in [0.2, 0.25) is 0 Å². The summed E-state index contributed by atoms with van der Waals surface area (Å²) < 4.78 is 0. The van der Waals surface area contributed by atoms with Crippen LogP contribution >= 0.6 is 11.3 Å². The second-order valence-corrected chi connectivity index (χ2v) is 4.87. The van der Waals surface area contributed by atoms with Crippen molar-refractivity contribution >= 4 is 17.2 Å². The molecule has 0 aliphatic carbocycles. The summed E-state index contributed by atoms with van der Waals surface area (Å²) >= 11 is 1.59. The summed E-state index contributed by atoms with van der Waals surface area (Å²) in [6.07, 6.45) is 0. The fraction of sp³-hybridized carbons (Fsp3) is 0.462. The van der Waals surface area contributed by atoms with Crippen molar-refractivity contribution in [3.63, 3.8) is 0 Å². The molecule has 1 rings (SSSR count). The topological polar surface area (TPSA) is 52.6 Å². The van der Waals surface area contributed by atoms with Crippen molar-refractivity contribution in [2.75, 3.05) is 26.7 Å². The maximum atomic E-state index is 11.3. The molecule has 0 atom stereocenters. The van der Waals surface area contributed by atoms with E-state index >= 15 is 0 Å². The number of hydrogen-bond donors (Lipinski definition) is 2. The monoisotopic (exact) mass is 266 g/mol. The SMILES string of the molecule is CCN(CC(=O)NC)Cc1ccc(C#CCO)s1. The third-order valence-corrected chi connectivity index (χ3v) is 3.41. The van der Waals surface area contributed by atoms with E-state index in [9.17, 15) is 4.79 Å². The third-order valence-electron chi connectivity index (χ3n) is 2.43. The molecule has 0 aliphatic heterocycles. The van der Waals surface area contributed by atoms with Crippen LogP contribution in [0.25, 0.3) is 0 Å². The molecule has 0 aliphatic rings. The highest BCUT2D eigenvalue weighted by Gasteiger charge is 2.09. The van der Waals surface area contributed by atoms with E-state index in [4.69, 9.17) is 5.11 Å². The normalized spacial score (nSPS) is 10.0. The van der Waals surface area contributed by atoms with E-state index in [1.54, 1.807) is 18.4 Å². The summed E-state index contributed by atoms with van der Waals surface area (Å²) in [6, 6.07) is 3.95. The van der Waals surface area contributed by atoms with Gasteiger partial charge in [0.25, 0.3) is 0 Å². The quantitative estimate of drug-likeness (QED) is 0.770. The molecule has 0 radical (unpaired) electrons. The van der Waals surface area contributed by atoms with Gasteiger partial charge in [0.2, 0.25) is 5.91 Å². The Kier molecular flexibility index (Phi) is 6.44. The van der Waals surface area contributed by atoms with Crippen LogP contribution in [0.15, 0.2) is 12.1 Å². The minimum Gasteiger partial charge on any atom is -0.384 e. The number of thiophene rings is 1. The summed E-state index contributed by atoms with van der Waals surface area (Å²) in [5.74, 6) is 5.53. The first-order chi connectivity index (χ1) is 8.69. The number of nitrogens with zero attached hydrogens (tertiary/aromatic N) is 1. The second kappa shape index (κ2) is 7.88. The molecule has 0 bridgehead atoms. The van der Waals surface area contributed by atoms with E-state index in [-0.39, 0.29) is 12.5 Å². The Hall–Kier alpha value is -1.35. The number of hydrogen-bond acceptors (Lipinski definition) is 4. The Labute approximate surface area is 112 Å². The van der Waals surface area contributed by atoms with Gasteiger partial charge in [-0.25, -0.2) is 0 Å². The van der Waals surface area contributed by atoms with Gasteiger partial charge in [0, 0.05) is 18.5 Å². The minimum atomic E-state index is -0.120. The van der Waals surface area contributed by atoms with Gasteiger partial charge >= 0.3 is 0 Å². The summed E-state index contributed by atoms with van der Waals surface area (Å²) in [5, 5.41) is 11.2. The van der Waals surface area contributed by atoms with Crippen LogP contribution in [0.1, 0.15) is 16.7 Å². The van der Waals surface area contributed by atoms with Crippen molar-refractivity contribution in [3.05, 3.63) is 21.9 Å². The molecule has 0 saturated heterocycles. The largest absolute Gasteiger partial charge is 0.384 e. The number of nitrogens with one attached hydrogen (secondary N) is 1. The molecule has 1 heterocycles. The van der Waals surface area contributed by atoms with E-state index in [1.165, 1.54) is 4.88 Å². The average molecular weight is 266 g/mol. The molecule has 98 valence electrons. The van der Waals surface area contributed by atoms with Gasteiger partial charge in [0.1, 0.15) is 6.61 Å². The van der Waals surface area contributed by atoms with Gasteiger partial charge in [-0.3, -0.25) is 9.69 Å². The molecule has 0 fully saturated rings. The van der Waals surface area contributed by atoms with Gasteiger partial charge in [-0.2, -0.15) is 0 Å². The Morgan fingerprint density at radius 2 is 2.33 bits per heavy atom. The van der Waals surface area contributed by atoms with E-state index in [1.807, 2.05) is 19.1 Å². The molecule has 4 nitrogen and oxygen atoms in total. The maximum Gasteiger partial charge on any atom is 0.233 e. The zero-order chi connectivity index (χ0) is 13.4. The second-order valence-electron chi connectivity index (χ2n) is 3.70. The fourth-order valence-electron chi connectivity index (χ4n) is 1.44. The molecule has 2 N–H and O–H groups in total. The first-order valence-electron chi connectivity index (χ1n) is 5.81. The zero-order valence-corrected chi connectivity index (χ0v) is 11.5.